The second kappa shape index (κ2) is 11.8. The van der Waals surface area contributed by atoms with Gasteiger partial charge in [-0.15, -0.1) is 0 Å². The Bertz CT molecular complexity index is 1730. The monoisotopic (exact) mass is 555 g/mol. The van der Waals surface area contributed by atoms with Gasteiger partial charge in [-0.3, -0.25) is 9.78 Å². The second-order valence-corrected chi connectivity index (χ2v) is 11.1. The zero-order chi connectivity index (χ0) is 28.1. The first-order valence-corrected chi connectivity index (χ1v) is 14.2. The average molecular weight is 556 g/mol. The summed E-state index contributed by atoms with van der Waals surface area (Å²) >= 11 is 0. The predicted molar refractivity (Wildman–Crippen MR) is 155 cm³/mol. The number of nitrogens with zero attached hydrogens (tertiary/aromatic N) is 4. The van der Waals surface area contributed by atoms with Crippen LogP contribution in [0, 0.1) is 6.92 Å². The van der Waals surface area contributed by atoms with Gasteiger partial charge in [-0.2, -0.15) is 9.40 Å². The third-order valence-electron chi connectivity index (χ3n) is 6.40. The van der Waals surface area contributed by atoms with Gasteiger partial charge < -0.3 is 10.1 Å². The van der Waals surface area contributed by atoms with Gasteiger partial charge in [0, 0.05) is 36.9 Å². The second-order valence-electron chi connectivity index (χ2n) is 9.24. The molecule has 204 valence electrons. The van der Waals surface area contributed by atoms with Crippen molar-refractivity contribution >= 4 is 32.7 Å². The van der Waals surface area contributed by atoms with Crippen molar-refractivity contribution in [2.75, 3.05) is 32.1 Å². The normalized spacial score (nSPS) is 11.7. The van der Waals surface area contributed by atoms with E-state index in [0.29, 0.717) is 22.4 Å². The van der Waals surface area contributed by atoms with Crippen molar-refractivity contribution in [3.63, 3.8) is 0 Å². The van der Waals surface area contributed by atoms with Gasteiger partial charge in [0.25, 0.3) is 0 Å². The Kier molecular flexibility index (Phi) is 8.01. The number of hydrogen-bond acceptors (Lipinski definition) is 6. The molecule has 9 nitrogen and oxygen atoms in total. The van der Waals surface area contributed by atoms with Crippen molar-refractivity contribution in [3.8, 4) is 16.9 Å². The minimum absolute atomic E-state index is 0.0119. The highest BCUT2D eigenvalue weighted by atomic mass is 32.2. The van der Waals surface area contributed by atoms with Gasteiger partial charge in [-0.25, -0.2) is 13.1 Å². The number of carbonyl (C=O) groups is 1. The first kappa shape index (κ1) is 27.2. The molecule has 0 aliphatic heterocycles. The van der Waals surface area contributed by atoms with Crippen molar-refractivity contribution in [2.24, 2.45) is 0 Å². The SMILES string of the molecule is COCCN(CC(=O)Nc1cc(-c2ccccc2)nn1-c1ccc(C)cc1)S(=O)(=O)c1cccc2cccnc12. The number of fused-ring (bicyclic) bond motifs is 1. The van der Waals surface area contributed by atoms with Crippen LogP contribution in [0.4, 0.5) is 5.82 Å². The minimum atomic E-state index is -4.08. The van der Waals surface area contributed by atoms with E-state index in [9.17, 15) is 13.2 Å². The molecule has 0 unspecified atom stereocenters. The number of methoxy groups -OCH3 is 1. The van der Waals surface area contributed by atoms with Gasteiger partial charge in [-0.05, 0) is 31.2 Å². The molecule has 1 amide bonds. The van der Waals surface area contributed by atoms with Gasteiger partial charge >= 0.3 is 0 Å². The summed E-state index contributed by atoms with van der Waals surface area (Å²) in [6, 6.07) is 27.6. The summed E-state index contributed by atoms with van der Waals surface area (Å²) in [5.74, 6) is -0.0932. The van der Waals surface area contributed by atoms with Crippen LogP contribution in [0.1, 0.15) is 5.56 Å². The van der Waals surface area contributed by atoms with E-state index in [1.807, 2.05) is 61.5 Å². The maximum absolute atomic E-state index is 13.8. The molecule has 0 radical (unpaired) electrons. The Morgan fingerprint density at radius 3 is 2.48 bits per heavy atom. The highest BCUT2D eigenvalue weighted by Crippen LogP contribution is 2.26. The summed E-state index contributed by atoms with van der Waals surface area (Å²) in [4.78, 5) is 17.7. The molecule has 3 aromatic carbocycles. The Hall–Kier alpha value is -4.38. The molecule has 2 aromatic heterocycles. The maximum atomic E-state index is 13.8. The van der Waals surface area contributed by atoms with E-state index in [1.54, 1.807) is 41.2 Å². The topological polar surface area (TPSA) is 106 Å². The molecule has 2 heterocycles. The first-order valence-electron chi connectivity index (χ1n) is 12.7. The number of nitrogens with one attached hydrogen (secondary N) is 1. The summed E-state index contributed by atoms with van der Waals surface area (Å²) in [6.07, 6.45) is 1.55. The van der Waals surface area contributed by atoms with Crippen LogP contribution in [0.3, 0.4) is 0 Å². The molecular formula is C30H29N5O4S. The number of hydrogen-bond donors (Lipinski definition) is 1. The summed E-state index contributed by atoms with van der Waals surface area (Å²) in [7, 11) is -2.60. The summed E-state index contributed by atoms with van der Waals surface area (Å²) in [5.41, 5.74) is 3.75. The average Bonchev–Trinajstić information content (AvgIpc) is 3.39. The van der Waals surface area contributed by atoms with Gasteiger partial charge in [0.05, 0.1) is 30.0 Å². The van der Waals surface area contributed by atoms with E-state index in [-0.39, 0.29) is 18.0 Å². The van der Waals surface area contributed by atoms with Gasteiger partial charge in [-0.1, -0.05) is 66.2 Å². The van der Waals surface area contributed by atoms with Gasteiger partial charge in [0.2, 0.25) is 15.9 Å². The third-order valence-corrected chi connectivity index (χ3v) is 8.28. The largest absolute Gasteiger partial charge is 0.383 e. The molecule has 0 atom stereocenters. The predicted octanol–water partition coefficient (Wildman–Crippen LogP) is 4.67. The lowest BCUT2D eigenvalue weighted by atomic mass is 10.1. The van der Waals surface area contributed by atoms with Crippen LogP contribution in [0.25, 0.3) is 27.8 Å². The molecule has 0 aliphatic rings. The summed E-state index contributed by atoms with van der Waals surface area (Å²) in [6.45, 7) is 1.67. The van der Waals surface area contributed by atoms with Crippen LogP contribution >= 0.6 is 0 Å². The maximum Gasteiger partial charge on any atom is 0.245 e. The van der Waals surface area contributed by atoms with Crippen LogP contribution in [-0.2, 0) is 19.6 Å². The molecule has 40 heavy (non-hydrogen) atoms. The fourth-order valence-electron chi connectivity index (χ4n) is 4.35. The zero-order valence-electron chi connectivity index (χ0n) is 22.2. The molecule has 0 saturated heterocycles. The van der Waals surface area contributed by atoms with E-state index in [4.69, 9.17) is 9.84 Å². The number of sulfonamides is 1. The smallest absolute Gasteiger partial charge is 0.245 e. The fraction of sp³-hybridized carbons (Fsp3) is 0.167. The number of rotatable bonds is 10. The number of ether oxygens (including phenoxy) is 1. The van der Waals surface area contributed by atoms with E-state index >= 15 is 0 Å². The number of para-hydroxylation sites is 1. The molecule has 10 heteroatoms. The summed E-state index contributed by atoms with van der Waals surface area (Å²) in [5, 5.41) is 8.30. The molecule has 0 saturated carbocycles. The fourth-order valence-corrected chi connectivity index (χ4v) is 5.89. The Balaban J connectivity index is 1.47. The Morgan fingerprint density at radius 2 is 1.73 bits per heavy atom. The standard InChI is InChI=1S/C30H29N5O4S/c1-22-13-15-25(16-14-22)35-28(20-26(33-35)23-8-4-3-5-9-23)32-29(36)21-34(18-19-39-2)40(37,38)27-12-6-10-24-11-7-17-31-30(24)27/h3-17,20H,18-19,21H2,1-2H3,(H,32,36). The van der Waals surface area contributed by atoms with Crippen molar-refractivity contribution in [2.45, 2.75) is 11.8 Å². The van der Waals surface area contributed by atoms with Crippen LogP contribution < -0.4 is 5.32 Å². The number of carbonyl (C=O) groups excluding carboxylic acids is 1. The zero-order valence-corrected chi connectivity index (χ0v) is 23.0. The molecule has 0 bridgehead atoms. The third kappa shape index (κ3) is 5.79. The Labute approximate surface area is 233 Å². The molecule has 5 rings (SSSR count). The van der Waals surface area contributed by atoms with Crippen molar-refractivity contribution < 1.29 is 17.9 Å². The molecule has 5 aromatic rings. The number of pyridine rings is 1. The minimum Gasteiger partial charge on any atom is -0.383 e. The first-order chi connectivity index (χ1) is 19.4. The Morgan fingerprint density at radius 1 is 0.975 bits per heavy atom. The number of aryl methyl sites for hydroxylation is 1. The van der Waals surface area contributed by atoms with Crippen LogP contribution in [-0.4, -0.2) is 60.2 Å². The van der Waals surface area contributed by atoms with Gasteiger partial charge in [0.1, 0.15) is 10.7 Å². The highest BCUT2D eigenvalue weighted by molar-refractivity contribution is 7.89. The summed E-state index contributed by atoms with van der Waals surface area (Å²) < 4.78 is 35.5. The number of anilines is 1. The van der Waals surface area contributed by atoms with Gasteiger partial charge in [0.15, 0.2) is 0 Å². The van der Waals surface area contributed by atoms with Crippen LogP contribution in [0.2, 0.25) is 0 Å². The van der Waals surface area contributed by atoms with Crippen LogP contribution in [0.15, 0.2) is 102 Å². The molecule has 1 N–H and O–H groups in total. The quantitative estimate of drug-likeness (QED) is 0.268. The van der Waals surface area contributed by atoms with E-state index in [2.05, 4.69) is 10.3 Å². The highest BCUT2D eigenvalue weighted by Gasteiger charge is 2.29. The van der Waals surface area contributed by atoms with E-state index < -0.39 is 22.5 Å². The van der Waals surface area contributed by atoms with Crippen molar-refractivity contribution in [3.05, 3.63) is 103 Å². The molecular weight excluding hydrogens is 526 g/mol. The number of amides is 1. The molecule has 0 fully saturated rings. The lowest BCUT2D eigenvalue weighted by Crippen LogP contribution is -2.40. The molecule has 0 aliphatic carbocycles. The van der Waals surface area contributed by atoms with Crippen LogP contribution in [0.5, 0.6) is 0 Å². The lowest BCUT2D eigenvalue weighted by molar-refractivity contribution is -0.116. The lowest BCUT2D eigenvalue weighted by Gasteiger charge is -2.22. The van der Waals surface area contributed by atoms with E-state index in [0.717, 1.165) is 21.1 Å². The number of benzene rings is 3. The van der Waals surface area contributed by atoms with E-state index in [1.165, 1.54) is 13.2 Å². The van der Waals surface area contributed by atoms with Crippen molar-refractivity contribution in [1.29, 1.82) is 0 Å². The van der Waals surface area contributed by atoms with Crippen molar-refractivity contribution in [1.82, 2.24) is 19.1 Å². The molecule has 0 spiro atoms. The number of aromatic nitrogens is 3.